The van der Waals surface area contributed by atoms with Crippen LogP contribution in [0.25, 0.3) is 21.7 Å². The molecule has 32 heavy (non-hydrogen) atoms. The molecule has 2 aromatic carbocycles. The molecule has 0 saturated heterocycles. The van der Waals surface area contributed by atoms with Crippen molar-refractivity contribution in [3.63, 3.8) is 0 Å². The van der Waals surface area contributed by atoms with Crippen LogP contribution in [0, 0.1) is 0 Å². The SMILES string of the molecule is O=C(c1ccccc1)c1nn(-c2ccccc2)c2nc3sc4c(c3c(=O)n12)CCCCC4. The minimum absolute atomic E-state index is 0.0861. The number of nitrogens with zero attached hydrogens (tertiary/aromatic N) is 4. The molecule has 0 unspecified atom stereocenters. The summed E-state index contributed by atoms with van der Waals surface area (Å²) in [6.07, 6.45) is 5.24. The van der Waals surface area contributed by atoms with Crippen molar-refractivity contribution in [3.8, 4) is 5.69 Å². The van der Waals surface area contributed by atoms with Gasteiger partial charge in [0.1, 0.15) is 4.83 Å². The fourth-order valence-electron chi connectivity index (χ4n) is 4.50. The number of rotatable bonds is 3. The molecule has 3 heterocycles. The van der Waals surface area contributed by atoms with Gasteiger partial charge >= 0.3 is 0 Å². The lowest BCUT2D eigenvalue weighted by atomic mass is 10.1. The average molecular weight is 441 g/mol. The third-order valence-corrected chi connectivity index (χ3v) is 7.24. The third kappa shape index (κ3) is 2.92. The number of fused-ring (bicyclic) bond motifs is 4. The summed E-state index contributed by atoms with van der Waals surface area (Å²) in [6.45, 7) is 0. The van der Waals surface area contributed by atoms with E-state index in [1.54, 1.807) is 28.2 Å². The van der Waals surface area contributed by atoms with Gasteiger partial charge in [0.2, 0.25) is 17.4 Å². The molecule has 7 heteroatoms. The van der Waals surface area contributed by atoms with Crippen molar-refractivity contribution in [2.75, 3.05) is 0 Å². The van der Waals surface area contributed by atoms with Gasteiger partial charge < -0.3 is 0 Å². The van der Waals surface area contributed by atoms with E-state index in [1.807, 2.05) is 48.5 Å². The van der Waals surface area contributed by atoms with Crippen LogP contribution in [0.5, 0.6) is 0 Å². The number of benzene rings is 2. The summed E-state index contributed by atoms with van der Waals surface area (Å²) < 4.78 is 3.00. The van der Waals surface area contributed by atoms with E-state index in [4.69, 9.17) is 4.98 Å². The van der Waals surface area contributed by atoms with Crippen molar-refractivity contribution >= 4 is 33.1 Å². The van der Waals surface area contributed by atoms with E-state index in [0.717, 1.165) is 41.8 Å². The van der Waals surface area contributed by atoms with Crippen molar-refractivity contribution in [2.45, 2.75) is 32.1 Å². The molecular weight excluding hydrogens is 420 g/mol. The Bertz CT molecular complexity index is 1530. The standard InChI is InChI=1S/C25H20N4O2S/c30-21(16-10-4-1-5-11-16)22-27-29(17-12-6-2-7-13-17)25-26-23-20(24(31)28(22)25)18-14-8-3-9-15-19(18)32-23/h1-2,4-7,10-13H,3,8-9,14-15H2. The van der Waals surface area contributed by atoms with E-state index in [9.17, 15) is 9.59 Å². The van der Waals surface area contributed by atoms with Crippen molar-refractivity contribution < 1.29 is 4.79 Å². The number of carbonyl (C=O) groups excluding carboxylic acids is 1. The molecule has 3 aromatic heterocycles. The maximum absolute atomic E-state index is 13.9. The highest BCUT2D eigenvalue weighted by Gasteiger charge is 2.26. The van der Waals surface area contributed by atoms with Crippen LogP contribution in [0.15, 0.2) is 65.5 Å². The molecule has 0 bridgehead atoms. The molecule has 0 aliphatic heterocycles. The monoisotopic (exact) mass is 440 g/mol. The van der Waals surface area contributed by atoms with Crippen LogP contribution in [0.4, 0.5) is 0 Å². The highest BCUT2D eigenvalue weighted by Crippen LogP contribution is 2.33. The minimum atomic E-state index is -0.296. The Labute approximate surface area is 187 Å². The van der Waals surface area contributed by atoms with Crippen LogP contribution in [-0.2, 0) is 12.8 Å². The molecule has 158 valence electrons. The summed E-state index contributed by atoms with van der Waals surface area (Å²) in [7, 11) is 0. The summed E-state index contributed by atoms with van der Waals surface area (Å²) >= 11 is 1.61. The number of hydrogen-bond donors (Lipinski definition) is 0. The summed E-state index contributed by atoms with van der Waals surface area (Å²) in [4.78, 5) is 34.1. The second-order valence-electron chi connectivity index (χ2n) is 8.06. The van der Waals surface area contributed by atoms with Crippen molar-refractivity contribution in [2.24, 2.45) is 0 Å². The van der Waals surface area contributed by atoms with E-state index < -0.39 is 0 Å². The zero-order chi connectivity index (χ0) is 21.7. The van der Waals surface area contributed by atoms with Gasteiger partial charge in [-0.2, -0.15) is 4.68 Å². The molecular formula is C25H20N4O2S. The van der Waals surface area contributed by atoms with E-state index >= 15 is 0 Å². The lowest BCUT2D eigenvalue weighted by Gasteiger charge is -2.02. The number of aromatic nitrogens is 4. The van der Waals surface area contributed by atoms with Crippen LogP contribution in [0.2, 0.25) is 0 Å². The van der Waals surface area contributed by atoms with Crippen LogP contribution in [0.3, 0.4) is 0 Å². The fraction of sp³-hybridized carbons (Fsp3) is 0.200. The fourth-order valence-corrected chi connectivity index (χ4v) is 5.74. The maximum atomic E-state index is 13.9. The molecule has 6 nitrogen and oxygen atoms in total. The first kappa shape index (κ1) is 19.1. The second-order valence-corrected chi connectivity index (χ2v) is 9.15. The second kappa shape index (κ2) is 7.53. The van der Waals surface area contributed by atoms with E-state index in [-0.39, 0.29) is 17.2 Å². The number of thiophene rings is 1. The van der Waals surface area contributed by atoms with Crippen LogP contribution in [-0.4, -0.2) is 24.9 Å². The quantitative estimate of drug-likeness (QED) is 0.304. The molecule has 1 aliphatic rings. The van der Waals surface area contributed by atoms with Crippen LogP contribution < -0.4 is 5.56 Å². The van der Waals surface area contributed by atoms with E-state index in [0.29, 0.717) is 16.7 Å². The summed E-state index contributed by atoms with van der Waals surface area (Å²) in [5.41, 5.74) is 2.15. The molecule has 6 rings (SSSR count). The van der Waals surface area contributed by atoms with Gasteiger partial charge in [0, 0.05) is 10.4 Å². The van der Waals surface area contributed by atoms with Gasteiger partial charge in [0.25, 0.3) is 5.56 Å². The Kier molecular flexibility index (Phi) is 4.50. The van der Waals surface area contributed by atoms with Crippen molar-refractivity contribution in [1.82, 2.24) is 19.2 Å². The van der Waals surface area contributed by atoms with Gasteiger partial charge in [-0.25, -0.2) is 9.38 Å². The van der Waals surface area contributed by atoms with Gasteiger partial charge in [-0.1, -0.05) is 55.0 Å². The summed E-state index contributed by atoms with van der Waals surface area (Å²) in [6, 6.07) is 18.4. The lowest BCUT2D eigenvalue weighted by molar-refractivity contribution is 0.102. The Hall–Kier alpha value is -3.58. The maximum Gasteiger partial charge on any atom is 0.270 e. The normalized spacial score (nSPS) is 13.9. The van der Waals surface area contributed by atoms with Crippen molar-refractivity contribution in [1.29, 1.82) is 0 Å². The van der Waals surface area contributed by atoms with Gasteiger partial charge in [-0.15, -0.1) is 16.4 Å². The zero-order valence-electron chi connectivity index (χ0n) is 17.3. The number of aryl methyl sites for hydroxylation is 2. The van der Waals surface area contributed by atoms with Crippen molar-refractivity contribution in [3.05, 3.63) is 92.8 Å². The molecule has 0 saturated carbocycles. The molecule has 5 aromatic rings. The molecule has 0 amide bonds. The van der Waals surface area contributed by atoms with Gasteiger partial charge in [0.15, 0.2) is 0 Å². The lowest BCUT2D eigenvalue weighted by Crippen LogP contribution is -2.20. The van der Waals surface area contributed by atoms with Crippen LogP contribution >= 0.6 is 11.3 Å². The van der Waals surface area contributed by atoms with Gasteiger partial charge in [-0.05, 0) is 43.4 Å². The molecule has 0 N–H and O–H groups in total. The Morgan fingerprint density at radius 3 is 2.41 bits per heavy atom. The Morgan fingerprint density at radius 1 is 0.906 bits per heavy atom. The smallest absolute Gasteiger partial charge is 0.270 e. The zero-order valence-corrected chi connectivity index (χ0v) is 18.1. The molecule has 0 atom stereocenters. The number of hydrogen-bond acceptors (Lipinski definition) is 5. The molecule has 0 fully saturated rings. The van der Waals surface area contributed by atoms with E-state index in [1.165, 1.54) is 15.7 Å². The first-order valence-corrected chi connectivity index (χ1v) is 11.7. The van der Waals surface area contributed by atoms with Gasteiger partial charge in [-0.3, -0.25) is 9.59 Å². The number of carbonyl (C=O) groups is 1. The van der Waals surface area contributed by atoms with E-state index in [2.05, 4.69) is 5.10 Å². The first-order chi connectivity index (χ1) is 15.7. The molecule has 1 aliphatic carbocycles. The summed E-state index contributed by atoms with van der Waals surface area (Å²) in [5.74, 6) is 0.155. The molecule has 0 spiro atoms. The minimum Gasteiger partial charge on any atom is -0.285 e. The number of ketones is 1. The summed E-state index contributed by atoms with van der Waals surface area (Å²) in [5, 5.41) is 5.25. The van der Waals surface area contributed by atoms with Crippen LogP contribution in [0.1, 0.15) is 45.9 Å². The largest absolute Gasteiger partial charge is 0.285 e. The average Bonchev–Trinajstić information content (AvgIpc) is 3.30. The predicted octanol–water partition coefficient (Wildman–Crippen LogP) is 4.59. The Morgan fingerprint density at radius 2 is 1.62 bits per heavy atom. The third-order valence-electron chi connectivity index (χ3n) is 6.06. The highest BCUT2D eigenvalue weighted by atomic mass is 32.1. The number of para-hydroxylation sites is 1. The molecule has 0 radical (unpaired) electrons. The first-order valence-electron chi connectivity index (χ1n) is 10.8. The predicted molar refractivity (Wildman–Crippen MR) is 125 cm³/mol. The highest BCUT2D eigenvalue weighted by molar-refractivity contribution is 7.18. The topological polar surface area (TPSA) is 69.3 Å². The van der Waals surface area contributed by atoms with Gasteiger partial charge in [0.05, 0.1) is 11.1 Å². The Balaban J connectivity index is 1.70.